The van der Waals surface area contributed by atoms with Crippen molar-refractivity contribution in [2.24, 2.45) is 22.7 Å². The molecule has 2 spiro atoms. The third-order valence-electron chi connectivity index (χ3n) is 16.5. The second-order valence-corrected chi connectivity index (χ2v) is 21.9. The minimum Gasteiger partial charge on any atom is -0.870 e. The number of rotatable bonds is 14. The zero-order valence-corrected chi connectivity index (χ0v) is 46.8. The molecule has 1 atom stereocenters. The van der Waals surface area contributed by atoms with Crippen LogP contribution in [0.25, 0.3) is 21.8 Å². The predicted molar refractivity (Wildman–Crippen MR) is 281 cm³/mol. The van der Waals surface area contributed by atoms with Crippen molar-refractivity contribution in [3.8, 4) is 0 Å². The van der Waals surface area contributed by atoms with Gasteiger partial charge in [-0.1, -0.05) is 78.9 Å². The van der Waals surface area contributed by atoms with Crippen LogP contribution >= 0.6 is 0 Å². The zero-order valence-electron chi connectivity index (χ0n) is 44.8. The van der Waals surface area contributed by atoms with Gasteiger partial charge in [-0.05, 0) is 160 Å². The van der Waals surface area contributed by atoms with Gasteiger partial charge < -0.3 is 26.0 Å². The summed E-state index contributed by atoms with van der Waals surface area (Å²) in [7, 11) is 0. The Labute approximate surface area is 480 Å². The Bertz CT molecular complexity index is 3370. The Morgan fingerprint density at radius 2 is 1.00 bits per heavy atom. The fraction of sp³-hybridized carbons (Fsp3) is 0.400. The van der Waals surface area contributed by atoms with Gasteiger partial charge in [-0.2, -0.15) is 36.5 Å². The van der Waals surface area contributed by atoms with E-state index in [1.165, 1.54) is 24.3 Å². The van der Waals surface area contributed by atoms with Crippen molar-refractivity contribution < 1.29 is 90.4 Å². The molecule has 7 aromatic rings. The second kappa shape index (κ2) is 23.5. The van der Waals surface area contributed by atoms with E-state index in [1.54, 1.807) is 9.36 Å². The number of carbonyl (C=O) groups is 4. The standard InChI is InChI=1S/C34H34F3N3O3.C26H26F3N3O3.Na.H2O/c1-3-40-28-11-7-10-24(16-22-12-14-26(15-13-22)34(35,36)37)29(28)30(39-40)31(41)38-27-19-33(20-27)17-25(18-33)32(42)43-21(2)23-8-5-4-6-9-23;1-2-32-20-5-3-4-16(10-15-6-8-18(9-7-15)26(27,28)29)21(20)22(31-32)23(33)30-19-13-25(14-19)11-17(12-25)24(34)35;;/h4-15,21,25,27H,3,16-20H2,1-2H3,(H,38,41);3-9,17,19H,2,10-14H2,1H3,(H,30,33)(H,34,35);;1H2/q;;+1;/p-1/t21-,25?,27?,33?;;;/m0.../s1. The molecule has 0 aliphatic heterocycles. The number of ether oxygens (including phenoxy) is 1. The third kappa shape index (κ3) is 12.4. The fourth-order valence-electron chi connectivity index (χ4n) is 12.5. The van der Waals surface area contributed by atoms with E-state index in [-0.39, 0.29) is 93.7 Å². The van der Waals surface area contributed by atoms with E-state index in [2.05, 4.69) is 20.8 Å². The summed E-state index contributed by atoms with van der Waals surface area (Å²) in [6.45, 7) is 6.90. The summed E-state index contributed by atoms with van der Waals surface area (Å²) >= 11 is 0. The van der Waals surface area contributed by atoms with Crippen molar-refractivity contribution in [1.29, 1.82) is 0 Å². The minimum absolute atomic E-state index is 0. The number of nitrogens with one attached hydrogen (secondary N) is 2. The number of halogens is 6. The zero-order chi connectivity index (χ0) is 55.3. The molecule has 11 rings (SSSR count). The van der Waals surface area contributed by atoms with Crippen LogP contribution in [0, 0.1) is 22.7 Å². The molecular weight excluding hydrogens is 1050 g/mol. The minimum atomic E-state index is -4.39. The van der Waals surface area contributed by atoms with E-state index in [4.69, 9.17) is 9.84 Å². The number of carbonyl (C=O) groups excluding carboxylic acids is 3. The van der Waals surface area contributed by atoms with Crippen LogP contribution in [0.4, 0.5) is 26.3 Å². The van der Waals surface area contributed by atoms with Gasteiger partial charge in [0.05, 0.1) is 34.0 Å². The number of carboxylic acids is 1. The summed E-state index contributed by atoms with van der Waals surface area (Å²) in [6, 6.07) is 31.1. The average molecular weight is 1120 g/mol. The number of hydrogen-bond acceptors (Lipinski definition) is 8. The summed E-state index contributed by atoms with van der Waals surface area (Å²) in [5, 5.41) is 25.9. The molecule has 4 N–H and O–H groups in total. The van der Waals surface area contributed by atoms with Crippen LogP contribution in [0.2, 0.25) is 0 Å². The van der Waals surface area contributed by atoms with E-state index in [0.29, 0.717) is 66.7 Å². The number of aryl methyl sites for hydroxylation is 2. The Morgan fingerprint density at radius 3 is 1.38 bits per heavy atom. The number of carboxylic acid groups (broad SMARTS) is 1. The Hall–Kier alpha value is -6.54. The first-order valence-corrected chi connectivity index (χ1v) is 26.5. The van der Waals surface area contributed by atoms with E-state index in [1.807, 2.05) is 87.5 Å². The number of alkyl halides is 6. The first-order chi connectivity index (χ1) is 37.1. The summed E-state index contributed by atoms with van der Waals surface area (Å²) < 4.78 is 87.1. The Morgan fingerprint density at radius 1 is 0.600 bits per heavy atom. The molecule has 2 amide bonds. The molecule has 2 heterocycles. The Balaban J connectivity index is 0.000000209. The largest absolute Gasteiger partial charge is 1.00 e. The van der Waals surface area contributed by atoms with Crippen molar-refractivity contribution in [1.82, 2.24) is 30.2 Å². The number of aliphatic carboxylic acids is 1. The molecule has 0 radical (unpaired) electrons. The molecule has 416 valence electrons. The molecular formula is C60H61F6N6NaO7. The number of amides is 2. The molecule has 2 aromatic heterocycles. The van der Waals surface area contributed by atoms with Crippen molar-refractivity contribution in [2.45, 2.75) is 129 Å². The average Bonchev–Trinajstić information content (AvgIpc) is 3.97. The maximum Gasteiger partial charge on any atom is 1.00 e. The van der Waals surface area contributed by atoms with Gasteiger partial charge in [0.1, 0.15) is 6.10 Å². The van der Waals surface area contributed by atoms with Gasteiger partial charge in [0.25, 0.3) is 11.8 Å². The fourth-order valence-corrected chi connectivity index (χ4v) is 12.5. The van der Waals surface area contributed by atoms with Crippen LogP contribution in [-0.2, 0) is 52.6 Å². The van der Waals surface area contributed by atoms with Crippen LogP contribution < -0.4 is 40.2 Å². The topological polar surface area (TPSA) is 187 Å². The maximum atomic E-state index is 13.5. The van der Waals surface area contributed by atoms with E-state index in [9.17, 15) is 45.5 Å². The molecule has 20 heteroatoms. The van der Waals surface area contributed by atoms with Gasteiger partial charge in [-0.3, -0.25) is 28.5 Å². The maximum absolute atomic E-state index is 13.5. The van der Waals surface area contributed by atoms with E-state index in [0.717, 1.165) is 95.9 Å². The van der Waals surface area contributed by atoms with Gasteiger partial charge in [0.15, 0.2) is 11.4 Å². The number of fused-ring (bicyclic) bond motifs is 2. The molecule has 4 saturated carbocycles. The molecule has 4 aliphatic carbocycles. The van der Waals surface area contributed by atoms with Crippen LogP contribution in [0.3, 0.4) is 0 Å². The molecule has 80 heavy (non-hydrogen) atoms. The van der Waals surface area contributed by atoms with E-state index >= 15 is 0 Å². The van der Waals surface area contributed by atoms with Crippen molar-refractivity contribution in [3.63, 3.8) is 0 Å². The number of esters is 1. The molecule has 0 bridgehead atoms. The van der Waals surface area contributed by atoms with Crippen LogP contribution in [0.5, 0.6) is 0 Å². The van der Waals surface area contributed by atoms with Crippen molar-refractivity contribution >= 4 is 45.6 Å². The van der Waals surface area contributed by atoms with Crippen LogP contribution in [-0.4, -0.2) is 66.0 Å². The number of aromatic nitrogens is 4. The summed E-state index contributed by atoms with van der Waals surface area (Å²) in [4.78, 5) is 50.6. The second-order valence-electron chi connectivity index (χ2n) is 21.9. The Kier molecular flexibility index (Phi) is 17.5. The summed E-state index contributed by atoms with van der Waals surface area (Å²) in [6.07, 6.45) is -2.30. The molecule has 5 aromatic carbocycles. The SMILES string of the molecule is CCn1nc(C(=O)NC2CC3(C2)CC(C(=O)O)C3)c2c(Cc3ccc(C(F)(F)F)cc3)cccc21.CCn1nc(C(=O)NC2CC3(C2)CC(C(=O)O[C@@H](C)c2ccccc2)C3)c2c(Cc3ccc(C(F)(F)F)cc3)cccc21.[Na+].[OH-]. The van der Waals surface area contributed by atoms with Gasteiger partial charge in [-0.15, -0.1) is 0 Å². The number of hydrogen-bond donors (Lipinski definition) is 3. The quantitative estimate of drug-likeness (QED) is 0.0542. The van der Waals surface area contributed by atoms with Gasteiger partial charge in [0, 0.05) is 35.9 Å². The van der Waals surface area contributed by atoms with Gasteiger partial charge >= 0.3 is 53.8 Å². The molecule has 13 nitrogen and oxygen atoms in total. The monoisotopic (exact) mass is 1110 g/mol. The van der Waals surface area contributed by atoms with E-state index < -0.39 is 29.4 Å². The smallest absolute Gasteiger partial charge is 0.870 e. The van der Waals surface area contributed by atoms with Crippen LogP contribution in [0.1, 0.15) is 138 Å². The predicted octanol–water partition coefficient (Wildman–Crippen LogP) is 9.13. The van der Waals surface area contributed by atoms with Gasteiger partial charge in [0.2, 0.25) is 0 Å². The normalized spacial score (nSPS) is 22.2. The molecule has 0 unspecified atom stereocenters. The van der Waals surface area contributed by atoms with Crippen molar-refractivity contribution in [3.05, 3.63) is 166 Å². The van der Waals surface area contributed by atoms with Crippen molar-refractivity contribution in [2.75, 3.05) is 0 Å². The van der Waals surface area contributed by atoms with Gasteiger partial charge in [-0.25, -0.2) is 0 Å². The molecule has 0 saturated heterocycles. The molecule has 4 aliphatic rings. The summed E-state index contributed by atoms with van der Waals surface area (Å²) in [5.74, 6) is -1.84. The summed E-state index contributed by atoms with van der Waals surface area (Å²) in [5.41, 5.74) is 5.01. The first-order valence-electron chi connectivity index (χ1n) is 26.5. The number of benzene rings is 5. The number of nitrogens with zero attached hydrogens (tertiary/aromatic N) is 4. The third-order valence-corrected chi connectivity index (χ3v) is 16.5. The molecule has 4 fully saturated rings. The van der Waals surface area contributed by atoms with Crippen LogP contribution in [0.15, 0.2) is 115 Å². The first kappa shape index (κ1) is 59.6.